The predicted molar refractivity (Wildman–Crippen MR) is 45.8 cm³/mol. The minimum Gasteiger partial charge on any atom is -0.477 e. The van der Waals surface area contributed by atoms with Crippen molar-refractivity contribution in [3.63, 3.8) is 0 Å². The van der Waals surface area contributed by atoms with Crippen LogP contribution in [0.5, 0.6) is 0 Å². The van der Waals surface area contributed by atoms with Gasteiger partial charge in [0.05, 0.1) is 0 Å². The molecule has 62 valence electrons. The van der Waals surface area contributed by atoms with Gasteiger partial charge in [0.1, 0.15) is 6.26 Å². The van der Waals surface area contributed by atoms with E-state index in [4.69, 9.17) is 4.74 Å². The second-order valence-corrected chi connectivity index (χ2v) is 3.00. The quantitative estimate of drug-likeness (QED) is 0.563. The highest BCUT2D eigenvalue weighted by Gasteiger charge is 2.12. The molecule has 1 atom stereocenters. The lowest BCUT2D eigenvalue weighted by molar-refractivity contribution is 0.0818. The molecule has 0 aromatic rings. The normalized spacial score (nSPS) is 21.7. The molecule has 0 N–H and O–H groups in total. The molecule has 0 spiro atoms. The molecule has 11 heavy (non-hydrogen) atoms. The molecule has 2 nitrogen and oxygen atoms in total. The van der Waals surface area contributed by atoms with Crippen molar-refractivity contribution in [2.45, 2.75) is 27.0 Å². The summed E-state index contributed by atoms with van der Waals surface area (Å²) in [5, 5.41) is 0. The molecule has 0 bridgehead atoms. The Labute approximate surface area is 68.1 Å². The van der Waals surface area contributed by atoms with Crippen LogP contribution in [0.2, 0.25) is 0 Å². The Kier molecular flexibility index (Phi) is 2.58. The van der Waals surface area contributed by atoms with Crippen molar-refractivity contribution in [2.75, 3.05) is 6.54 Å². The Morgan fingerprint density at radius 3 is 2.82 bits per heavy atom. The minimum atomic E-state index is 0.200. The van der Waals surface area contributed by atoms with E-state index in [-0.39, 0.29) is 6.23 Å². The van der Waals surface area contributed by atoms with Crippen molar-refractivity contribution in [2.24, 2.45) is 0 Å². The van der Waals surface area contributed by atoms with Gasteiger partial charge in [-0.05, 0) is 20.8 Å². The summed E-state index contributed by atoms with van der Waals surface area (Å²) < 4.78 is 5.21. The Hall–Kier alpha value is -0.920. The third-order valence-electron chi connectivity index (χ3n) is 1.71. The number of rotatable bonds is 2. The molecule has 2 heteroatoms. The fourth-order valence-electron chi connectivity index (χ4n) is 0.924. The molecule has 0 amide bonds. The summed E-state index contributed by atoms with van der Waals surface area (Å²) >= 11 is 0. The fraction of sp³-hybridized carbons (Fsp3) is 0.556. The summed E-state index contributed by atoms with van der Waals surface area (Å²) in [5.74, 6) is 0. The van der Waals surface area contributed by atoms with Crippen LogP contribution in [0.3, 0.4) is 0 Å². The van der Waals surface area contributed by atoms with Crippen LogP contribution in [-0.4, -0.2) is 17.7 Å². The van der Waals surface area contributed by atoms with E-state index >= 15 is 0 Å². The Balaban J connectivity index is 2.37. The number of hydrogen-bond acceptors (Lipinski definition) is 2. The summed E-state index contributed by atoms with van der Waals surface area (Å²) in [6.45, 7) is 7.19. The Bertz CT molecular complexity index is 180. The first-order valence-electron chi connectivity index (χ1n) is 3.91. The molecule has 1 rings (SSSR count). The molecule has 0 saturated heterocycles. The third kappa shape index (κ3) is 2.30. The highest BCUT2D eigenvalue weighted by atomic mass is 16.5. The zero-order valence-electron chi connectivity index (χ0n) is 7.37. The monoisotopic (exact) mass is 153 g/mol. The number of allylic oxidation sites excluding steroid dienone is 1. The highest BCUT2D eigenvalue weighted by molar-refractivity contribution is 4.98. The molecular weight excluding hydrogens is 138 g/mol. The molecule has 1 heterocycles. The first-order valence-corrected chi connectivity index (χ1v) is 3.91. The summed E-state index contributed by atoms with van der Waals surface area (Å²) in [4.78, 5) is 2.15. The van der Waals surface area contributed by atoms with Crippen LogP contribution in [0.25, 0.3) is 0 Å². The molecule has 1 aliphatic heterocycles. The molecule has 0 saturated carbocycles. The Morgan fingerprint density at radius 1 is 1.64 bits per heavy atom. The van der Waals surface area contributed by atoms with Crippen LogP contribution in [0.15, 0.2) is 24.1 Å². The lowest BCUT2D eigenvalue weighted by atomic mass is 10.3. The van der Waals surface area contributed by atoms with Crippen LogP contribution in [0.4, 0.5) is 0 Å². The van der Waals surface area contributed by atoms with Crippen LogP contribution < -0.4 is 0 Å². The van der Waals surface area contributed by atoms with E-state index in [2.05, 4.69) is 24.8 Å². The number of ether oxygens (including phenoxy) is 1. The van der Waals surface area contributed by atoms with Crippen LogP contribution in [0, 0.1) is 0 Å². The maximum atomic E-state index is 5.21. The average Bonchev–Trinajstić information content (AvgIpc) is 2.31. The van der Waals surface area contributed by atoms with E-state index in [0.717, 1.165) is 6.54 Å². The van der Waals surface area contributed by atoms with Gasteiger partial charge in [0, 0.05) is 12.7 Å². The highest BCUT2D eigenvalue weighted by Crippen LogP contribution is 2.09. The zero-order valence-corrected chi connectivity index (χ0v) is 7.37. The molecular formula is C9H15NO. The molecule has 0 aromatic heterocycles. The van der Waals surface area contributed by atoms with Gasteiger partial charge in [0.2, 0.25) is 0 Å². The summed E-state index contributed by atoms with van der Waals surface area (Å²) in [5.41, 5.74) is 1.34. The second-order valence-electron chi connectivity index (χ2n) is 3.00. The molecule has 1 unspecified atom stereocenters. The topological polar surface area (TPSA) is 12.5 Å². The van der Waals surface area contributed by atoms with E-state index in [0.29, 0.717) is 0 Å². The molecule has 0 radical (unpaired) electrons. The van der Waals surface area contributed by atoms with Gasteiger partial charge < -0.3 is 9.64 Å². The molecule has 0 aliphatic carbocycles. The van der Waals surface area contributed by atoms with Crippen molar-refractivity contribution in [3.8, 4) is 0 Å². The summed E-state index contributed by atoms with van der Waals surface area (Å²) in [6, 6.07) is 0. The maximum Gasteiger partial charge on any atom is 0.168 e. The largest absolute Gasteiger partial charge is 0.477 e. The lowest BCUT2D eigenvalue weighted by Crippen LogP contribution is -2.24. The van der Waals surface area contributed by atoms with Gasteiger partial charge in [-0.15, -0.1) is 0 Å². The fourth-order valence-corrected chi connectivity index (χ4v) is 0.924. The molecule has 0 aromatic carbocycles. The smallest absolute Gasteiger partial charge is 0.168 e. The predicted octanol–water partition coefficient (Wildman–Crippen LogP) is 2.10. The van der Waals surface area contributed by atoms with E-state index in [1.807, 2.05) is 13.1 Å². The standard InChI is InChI=1S/C9H15NO/c1-8(2)4-5-10-6-7-11-9(10)3/h4,6-7,9H,5H2,1-3H3. The van der Waals surface area contributed by atoms with Crippen molar-refractivity contribution in [1.82, 2.24) is 4.90 Å². The average molecular weight is 153 g/mol. The van der Waals surface area contributed by atoms with Gasteiger partial charge in [-0.2, -0.15) is 0 Å². The van der Waals surface area contributed by atoms with Gasteiger partial charge in [0.15, 0.2) is 6.23 Å². The van der Waals surface area contributed by atoms with Crippen LogP contribution in [-0.2, 0) is 4.74 Å². The van der Waals surface area contributed by atoms with Gasteiger partial charge in [-0.3, -0.25) is 0 Å². The van der Waals surface area contributed by atoms with Crippen molar-refractivity contribution < 1.29 is 4.74 Å². The van der Waals surface area contributed by atoms with E-state index in [1.54, 1.807) is 6.26 Å². The van der Waals surface area contributed by atoms with E-state index < -0.39 is 0 Å². The van der Waals surface area contributed by atoms with Crippen molar-refractivity contribution in [3.05, 3.63) is 24.1 Å². The van der Waals surface area contributed by atoms with Crippen molar-refractivity contribution in [1.29, 1.82) is 0 Å². The van der Waals surface area contributed by atoms with Crippen LogP contribution in [0.1, 0.15) is 20.8 Å². The maximum absolute atomic E-state index is 5.21. The summed E-state index contributed by atoms with van der Waals surface area (Å²) in [7, 11) is 0. The second kappa shape index (κ2) is 3.46. The number of hydrogen-bond donors (Lipinski definition) is 0. The number of nitrogens with zero attached hydrogens (tertiary/aromatic N) is 1. The Morgan fingerprint density at radius 2 is 2.36 bits per heavy atom. The first kappa shape index (κ1) is 8.18. The third-order valence-corrected chi connectivity index (χ3v) is 1.71. The van der Waals surface area contributed by atoms with Gasteiger partial charge in [0.25, 0.3) is 0 Å². The molecule has 0 fully saturated rings. The zero-order chi connectivity index (χ0) is 8.27. The lowest BCUT2D eigenvalue weighted by Gasteiger charge is -2.18. The minimum absolute atomic E-state index is 0.200. The van der Waals surface area contributed by atoms with Crippen molar-refractivity contribution >= 4 is 0 Å². The summed E-state index contributed by atoms with van der Waals surface area (Å²) in [6.07, 6.45) is 6.11. The van der Waals surface area contributed by atoms with Gasteiger partial charge >= 0.3 is 0 Å². The van der Waals surface area contributed by atoms with Gasteiger partial charge in [-0.1, -0.05) is 11.6 Å². The van der Waals surface area contributed by atoms with E-state index in [9.17, 15) is 0 Å². The van der Waals surface area contributed by atoms with E-state index in [1.165, 1.54) is 5.57 Å². The van der Waals surface area contributed by atoms with Crippen LogP contribution >= 0.6 is 0 Å². The molecule has 1 aliphatic rings. The first-order chi connectivity index (χ1) is 5.20. The SMILES string of the molecule is CC(C)=CCN1C=COC1C. The van der Waals surface area contributed by atoms with Gasteiger partial charge in [-0.25, -0.2) is 0 Å².